The highest BCUT2D eigenvalue weighted by Crippen LogP contribution is 2.27. The molecule has 0 aliphatic carbocycles. The van der Waals surface area contributed by atoms with E-state index >= 15 is 0 Å². The number of unbranched alkanes of at least 4 members (excludes halogenated alkanes) is 1. The number of nitrogens with two attached hydrogens (primary N) is 1. The maximum Gasteiger partial charge on any atom is 0.258 e. The van der Waals surface area contributed by atoms with Gasteiger partial charge in [0.1, 0.15) is 5.75 Å². The van der Waals surface area contributed by atoms with Crippen molar-refractivity contribution in [2.75, 3.05) is 12.4 Å². The molecule has 3 N–H and O–H groups in total. The third-order valence-electron chi connectivity index (χ3n) is 4.26. The number of nitrogens with one attached hydrogen (secondary N) is 1. The predicted octanol–water partition coefficient (Wildman–Crippen LogP) is 4.46. The average molecular weight is 360 g/mol. The number of ether oxygens (including phenoxy) is 1. The van der Waals surface area contributed by atoms with Crippen molar-refractivity contribution in [3.63, 3.8) is 0 Å². The summed E-state index contributed by atoms with van der Waals surface area (Å²) in [5.41, 5.74) is 8.62. The van der Waals surface area contributed by atoms with E-state index in [4.69, 9.17) is 10.5 Å². The van der Waals surface area contributed by atoms with Gasteiger partial charge in [0.25, 0.3) is 5.91 Å². The quantitative estimate of drug-likeness (QED) is 0.505. The van der Waals surface area contributed by atoms with Crippen LogP contribution >= 0.6 is 0 Å². The largest absolute Gasteiger partial charge is 0.490 e. The van der Waals surface area contributed by atoms with Crippen molar-refractivity contribution in [3.8, 4) is 5.75 Å². The van der Waals surface area contributed by atoms with Gasteiger partial charge >= 0.3 is 0 Å². The lowest BCUT2D eigenvalue weighted by molar-refractivity contribution is -0.112. The molecule has 0 heterocycles. The number of hydrogen-bond donors (Lipinski definition) is 2. The molecule has 0 saturated heterocycles. The Morgan fingerprint density at radius 3 is 2.62 bits per heavy atom. The van der Waals surface area contributed by atoms with E-state index in [1.54, 1.807) is 7.05 Å². The lowest BCUT2D eigenvalue weighted by Gasteiger charge is -2.18. The number of nitrogens with zero attached hydrogens (tertiary/aromatic N) is 1. The molecule has 1 rings (SSSR count). The summed E-state index contributed by atoms with van der Waals surface area (Å²) in [6.45, 7) is 10.1. The van der Waals surface area contributed by atoms with Crippen molar-refractivity contribution in [1.29, 1.82) is 0 Å². The van der Waals surface area contributed by atoms with Crippen LogP contribution in [0, 0.1) is 12.8 Å². The summed E-state index contributed by atoms with van der Waals surface area (Å²) >= 11 is 0. The number of aliphatic imine (C=N–C) groups is 1. The van der Waals surface area contributed by atoms with Gasteiger partial charge in [-0.1, -0.05) is 39.7 Å². The molecular formula is C21H33N3O2. The minimum absolute atomic E-state index is 0.0592. The van der Waals surface area contributed by atoms with Gasteiger partial charge in [0, 0.05) is 30.2 Å². The molecule has 26 heavy (non-hydrogen) atoms. The Balaban J connectivity index is 3.01. The van der Waals surface area contributed by atoms with Gasteiger partial charge in [0.05, 0.1) is 11.7 Å². The fourth-order valence-electron chi connectivity index (χ4n) is 2.54. The highest BCUT2D eigenvalue weighted by atomic mass is 16.5. The Bertz CT molecular complexity index is 663. The molecule has 0 saturated carbocycles. The second kappa shape index (κ2) is 10.6. The summed E-state index contributed by atoms with van der Waals surface area (Å²) in [6.07, 6.45) is 4.94. The third kappa shape index (κ3) is 6.21. The van der Waals surface area contributed by atoms with Crippen molar-refractivity contribution >= 4 is 17.8 Å². The molecule has 1 atom stereocenters. The monoisotopic (exact) mass is 359 g/mol. The molecular weight excluding hydrogens is 326 g/mol. The van der Waals surface area contributed by atoms with Gasteiger partial charge in [0.15, 0.2) is 0 Å². The van der Waals surface area contributed by atoms with Gasteiger partial charge in [-0.3, -0.25) is 9.79 Å². The topological polar surface area (TPSA) is 76.7 Å². The molecule has 0 spiro atoms. The van der Waals surface area contributed by atoms with Crippen molar-refractivity contribution in [2.24, 2.45) is 16.6 Å². The fraction of sp³-hybridized carbons (Fsp3) is 0.524. The zero-order chi connectivity index (χ0) is 19.7. The lowest BCUT2D eigenvalue weighted by atomic mass is 10.0. The smallest absolute Gasteiger partial charge is 0.258 e. The van der Waals surface area contributed by atoms with Crippen molar-refractivity contribution in [3.05, 3.63) is 35.0 Å². The molecule has 1 unspecified atom stereocenters. The molecule has 144 valence electrons. The number of carbonyl (C=O) groups is 1. The Morgan fingerprint density at radius 1 is 1.35 bits per heavy atom. The number of benzene rings is 1. The summed E-state index contributed by atoms with van der Waals surface area (Å²) < 4.78 is 6.05. The Labute approximate surface area is 157 Å². The SMILES string of the molecule is CCCCC(C)Oc1cccc(NC(=O)C(C=NC)=C(N)C(C)C)c1C. The Kier molecular flexibility index (Phi) is 8.90. The number of hydrogen-bond acceptors (Lipinski definition) is 4. The number of allylic oxidation sites excluding steroid dienone is 1. The minimum Gasteiger partial charge on any atom is -0.490 e. The van der Waals surface area contributed by atoms with Crippen LogP contribution in [0.1, 0.15) is 52.5 Å². The second-order valence-corrected chi connectivity index (χ2v) is 6.86. The molecule has 0 aromatic heterocycles. The second-order valence-electron chi connectivity index (χ2n) is 6.86. The van der Waals surface area contributed by atoms with Gasteiger partial charge in [-0.05, 0) is 38.3 Å². The van der Waals surface area contributed by atoms with E-state index in [1.165, 1.54) is 6.21 Å². The lowest BCUT2D eigenvalue weighted by Crippen LogP contribution is -2.22. The normalized spacial score (nSPS) is 13.7. The molecule has 0 aliphatic rings. The van der Waals surface area contributed by atoms with E-state index < -0.39 is 0 Å². The Morgan fingerprint density at radius 2 is 2.04 bits per heavy atom. The van der Waals surface area contributed by atoms with Crippen LogP contribution in [0.5, 0.6) is 5.75 Å². The van der Waals surface area contributed by atoms with Crippen LogP contribution < -0.4 is 15.8 Å². The van der Waals surface area contributed by atoms with Crippen LogP contribution in [0.25, 0.3) is 0 Å². The molecule has 0 aliphatic heterocycles. The summed E-state index contributed by atoms with van der Waals surface area (Å²) in [4.78, 5) is 16.7. The number of anilines is 1. The summed E-state index contributed by atoms with van der Waals surface area (Å²) in [5.74, 6) is 0.586. The molecule has 0 radical (unpaired) electrons. The summed E-state index contributed by atoms with van der Waals surface area (Å²) in [7, 11) is 1.62. The van der Waals surface area contributed by atoms with Gasteiger partial charge in [-0.2, -0.15) is 0 Å². The molecule has 5 nitrogen and oxygen atoms in total. The van der Waals surface area contributed by atoms with Gasteiger partial charge in [-0.25, -0.2) is 0 Å². The highest BCUT2D eigenvalue weighted by molar-refractivity contribution is 6.18. The number of amides is 1. The third-order valence-corrected chi connectivity index (χ3v) is 4.26. The van der Waals surface area contributed by atoms with Gasteiger partial charge < -0.3 is 15.8 Å². The van der Waals surface area contributed by atoms with E-state index in [-0.39, 0.29) is 17.9 Å². The van der Waals surface area contributed by atoms with Crippen LogP contribution in [0.4, 0.5) is 5.69 Å². The van der Waals surface area contributed by atoms with E-state index in [9.17, 15) is 4.79 Å². The van der Waals surface area contributed by atoms with Gasteiger partial charge in [-0.15, -0.1) is 0 Å². The Hall–Kier alpha value is -2.30. The van der Waals surface area contributed by atoms with Crippen molar-refractivity contribution in [2.45, 2.75) is 60.0 Å². The maximum atomic E-state index is 12.7. The zero-order valence-corrected chi connectivity index (χ0v) is 16.9. The number of rotatable bonds is 9. The van der Waals surface area contributed by atoms with E-state index in [2.05, 4.69) is 24.2 Å². The maximum absolute atomic E-state index is 12.7. The van der Waals surface area contributed by atoms with Crippen molar-refractivity contribution < 1.29 is 9.53 Å². The van der Waals surface area contributed by atoms with Crippen molar-refractivity contribution in [1.82, 2.24) is 0 Å². The molecule has 0 fully saturated rings. The number of carbonyl (C=O) groups excluding carboxylic acids is 1. The van der Waals surface area contributed by atoms with Crippen LogP contribution in [0.3, 0.4) is 0 Å². The molecule has 0 bridgehead atoms. The molecule has 1 aromatic rings. The molecule has 5 heteroatoms. The van der Waals surface area contributed by atoms with E-state index in [0.29, 0.717) is 17.0 Å². The van der Waals surface area contributed by atoms with E-state index in [0.717, 1.165) is 30.6 Å². The molecule has 1 aromatic carbocycles. The first-order chi connectivity index (χ1) is 12.3. The van der Waals surface area contributed by atoms with E-state index in [1.807, 2.05) is 39.0 Å². The zero-order valence-electron chi connectivity index (χ0n) is 16.9. The van der Waals surface area contributed by atoms with Crippen LogP contribution in [-0.4, -0.2) is 25.3 Å². The summed E-state index contributed by atoms with van der Waals surface area (Å²) in [6, 6.07) is 5.68. The van der Waals surface area contributed by atoms with Gasteiger partial charge in [0.2, 0.25) is 0 Å². The first-order valence-electron chi connectivity index (χ1n) is 9.31. The minimum atomic E-state index is -0.263. The summed E-state index contributed by atoms with van der Waals surface area (Å²) in [5, 5.41) is 2.94. The average Bonchev–Trinajstić information content (AvgIpc) is 2.60. The fourth-order valence-corrected chi connectivity index (χ4v) is 2.54. The molecule has 1 amide bonds. The van der Waals surface area contributed by atoms with Crippen LogP contribution in [0.2, 0.25) is 0 Å². The standard InChI is InChI=1S/C21H33N3O2/c1-7-8-10-15(4)26-19-12-9-11-18(16(19)5)24-21(25)17(13-23-6)20(22)14(2)3/h9,11-15H,7-8,10,22H2,1-6H3,(H,24,25). The van der Waals surface area contributed by atoms with Crippen LogP contribution in [0.15, 0.2) is 34.5 Å². The highest BCUT2D eigenvalue weighted by Gasteiger charge is 2.16. The first-order valence-corrected chi connectivity index (χ1v) is 9.31. The van der Waals surface area contributed by atoms with Crippen LogP contribution in [-0.2, 0) is 4.79 Å². The first kappa shape index (κ1) is 21.7. The predicted molar refractivity (Wildman–Crippen MR) is 110 cm³/mol.